The largest absolute Gasteiger partial charge is 0.370 e. The number of hydrogen-bond acceptors (Lipinski definition) is 6. The summed E-state index contributed by atoms with van der Waals surface area (Å²) in [6.07, 6.45) is 0. The van der Waals surface area contributed by atoms with E-state index < -0.39 is 0 Å². The number of anilines is 2. The Kier molecular flexibility index (Phi) is 4.95. The quantitative estimate of drug-likeness (QED) is 0.764. The number of aromatic nitrogens is 3. The third-order valence-corrected chi connectivity index (χ3v) is 3.76. The summed E-state index contributed by atoms with van der Waals surface area (Å²) in [5, 5.41) is 8.37. The topological polar surface area (TPSA) is 82.7 Å². The molecule has 0 unspecified atom stereocenters. The zero-order valence-electron chi connectivity index (χ0n) is 12.8. The molecule has 6 nitrogen and oxygen atoms in total. The molecule has 0 fully saturated rings. The molecule has 2 aromatic heterocycles. The van der Waals surface area contributed by atoms with Crippen LogP contribution in [-0.2, 0) is 6.54 Å². The molecule has 2 heterocycles. The van der Waals surface area contributed by atoms with Crippen molar-refractivity contribution in [3.05, 3.63) is 32.1 Å². The zero-order chi connectivity index (χ0) is 15.4. The maximum Gasteiger partial charge on any atom is 0.304 e. The molecule has 3 N–H and O–H groups in total. The number of rotatable bonds is 6. The minimum absolute atomic E-state index is 0.0394. The molecule has 21 heavy (non-hydrogen) atoms. The summed E-state index contributed by atoms with van der Waals surface area (Å²) in [4.78, 5) is 23.0. The first-order valence-electron chi connectivity index (χ1n) is 7.04. The lowest BCUT2D eigenvalue weighted by Crippen LogP contribution is -2.12. The Balaban J connectivity index is 2.25. The highest BCUT2D eigenvalue weighted by molar-refractivity contribution is 7.07. The van der Waals surface area contributed by atoms with Gasteiger partial charge >= 0.3 is 4.87 Å². The molecule has 114 valence electrons. The molecule has 2 aromatic rings. The van der Waals surface area contributed by atoms with Crippen LogP contribution in [0.4, 0.5) is 11.6 Å². The molecule has 0 aliphatic heterocycles. The van der Waals surface area contributed by atoms with Crippen LogP contribution in [0, 0.1) is 6.92 Å². The molecule has 7 heteroatoms. The van der Waals surface area contributed by atoms with E-state index in [0.717, 1.165) is 35.3 Å². The van der Waals surface area contributed by atoms with Crippen molar-refractivity contribution in [1.29, 1.82) is 0 Å². The van der Waals surface area contributed by atoms with E-state index in [9.17, 15) is 4.79 Å². The van der Waals surface area contributed by atoms with Gasteiger partial charge in [-0.15, -0.1) is 0 Å². The van der Waals surface area contributed by atoms with Gasteiger partial charge in [0.25, 0.3) is 0 Å². The number of aromatic amines is 1. The molecule has 0 saturated carbocycles. The van der Waals surface area contributed by atoms with Gasteiger partial charge in [-0.3, -0.25) is 4.79 Å². The molecule has 0 atom stereocenters. The third kappa shape index (κ3) is 3.81. The lowest BCUT2D eigenvalue weighted by Gasteiger charge is -2.15. The van der Waals surface area contributed by atoms with Crippen molar-refractivity contribution in [2.75, 3.05) is 17.2 Å². The van der Waals surface area contributed by atoms with Crippen molar-refractivity contribution in [2.24, 2.45) is 0 Å². The number of nitrogens with zero attached hydrogens (tertiary/aromatic N) is 2. The first kappa shape index (κ1) is 15.5. The van der Waals surface area contributed by atoms with Gasteiger partial charge in [0.1, 0.15) is 17.5 Å². The van der Waals surface area contributed by atoms with Crippen LogP contribution < -0.4 is 15.5 Å². The van der Waals surface area contributed by atoms with Crippen LogP contribution in [0.2, 0.25) is 0 Å². The molecule has 0 amide bonds. The standard InChI is InChI=1S/C14H21N5OS/c1-5-15-12-9(4)13(19-11(18-12)8(2)3)16-6-10-7-21-14(20)17-10/h7-8H,5-6H2,1-4H3,(H,17,20)(H2,15,16,18,19). The van der Waals surface area contributed by atoms with Crippen LogP contribution in [0.25, 0.3) is 0 Å². The molecule has 0 spiro atoms. The van der Waals surface area contributed by atoms with E-state index >= 15 is 0 Å². The summed E-state index contributed by atoms with van der Waals surface area (Å²) >= 11 is 1.17. The van der Waals surface area contributed by atoms with Gasteiger partial charge in [0.05, 0.1) is 6.54 Å². The molecular formula is C14H21N5OS. The molecule has 0 aliphatic carbocycles. The van der Waals surface area contributed by atoms with Crippen molar-refractivity contribution in [3.63, 3.8) is 0 Å². The average Bonchev–Trinajstić information content (AvgIpc) is 2.85. The average molecular weight is 307 g/mol. The Morgan fingerprint density at radius 2 is 1.95 bits per heavy atom. The van der Waals surface area contributed by atoms with Crippen LogP contribution in [0.5, 0.6) is 0 Å². The van der Waals surface area contributed by atoms with Crippen LogP contribution in [0.3, 0.4) is 0 Å². The number of H-pyrrole nitrogens is 1. The molecule has 2 rings (SSSR count). The summed E-state index contributed by atoms with van der Waals surface area (Å²) in [5.74, 6) is 2.72. The fourth-order valence-corrected chi connectivity index (χ4v) is 2.46. The van der Waals surface area contributed by atoms with E-state index in [1.54, 1.807) is 0 Å². The minimum atomic E-state index is -0.0394. The van der Waals surface area contributed by atoms with Crippen molar-refractivity contribution < 1.29 is 0 Å². The van der Waals surface area contributed by atoms with Gasteiger partial charge in [-0.1, -0.05) is 25.2 Å². The lowest BCUT2D eigenvalue weighted by molar-refractivity contribution is 0.772. The fraction of sp³-hybridized carbons (Fsp3) is 0.500. The highest BCUT2D eigenvalue weighted by atomic mass is 32.1. The number of thiazole rings is 1. The molecular weight excluding hydrogens is 286 g/mol. The van der Waals surface area contributed by atoms with Gasteiger partial charge in [-0.2, -0.15) is 0 Å². The maximum absolute atomic E-state index is 11.2. The van der Waals surface area contributed by atoms with E-state index in [-0.39, 0.29) is 10.8 Å². The van der Waals surface area contributed by atoms with Gasteiger partial charge in [0.2, 0.25) is 0 Å². The highest BCUT2D eigenvalue weighted by Gasteiger charge is 2.12. The maximum atomic E-state index is 11.2. The van der Waals surface area contributed by atoms with Gasteiger partial charge in [-0.25, -0.2) is 9.97 Å². The first-order valence-corrected chi connectivity index (χ1v) is 7.92. The van der Waals surface area contributed by atoms with Gasteiger partial charge < -0.3 is 15.6 Å². The predicted octanol–water partition coefficient (Wildman–Crippen LogP) is 2.70. The highest BCUT2D eigenvalue weighted by Crippen LogP contribution is 2.23. The van der Waals surface area contributed by atoms with Crippen LogP contribution in [0.1, 0.15) is 43.8 Å². The van der Waals surface area contributed by atoms with Crippen molar-refractivity contribution in [1.82, 2.24) is 15.0 Å². The second-order valence-corrected chi connectivity index (χ2v) is 5.96. The van der Waals surface area contributed by atoms with E-state index in [4.69, 9.17) is 0 Å². The molecule has 0 radical (unpaired) electrons. The second kappa shape index (κ2) is 6.71. The normalized spacial score (nSPS) is 10.9. The predicted molar refractivity (Wildman–Crippen MR) is 87.3 cm³/mol. The molecule has 0 saturated heterocycles. The Morgan fingerprint density at radius 3 is 2.48 bits per heavy atom. The van der Waals surface area contributed by atoms with Gasteiger partial charge in [-0.05, 0) is 13.8 Å². The second-order valence-electron chi connectivity index (χ2n) is 5.12. The zero-order valence-corrected chi connectivity index (χ0v) is 13.6. The summed E-state index contributed by atoms with van der Waals surface area (Å²) in [6.45, 7) is 9.52. The van der Waals surface area contributed by atoms with E-state index in [0.29, 0.717) is 6.54 Å². The minimum Gasteiger partial charge on any atom is -0.370 e. The lowest BCUT2D eigenvalue weighted by atomic mass is 10.2. The summed E-state index contributed by atoms with van der Waals surface area (Å²) in [5.41, 5.74) is 1.85. The van der Waals surface area contributed by atoms with Crippen LogP contribution in [-0.4, -0.2) is 21.5 Å². The van der Waals surface area contributed by atoms with Crippen LogP contribution >= 0.6 is 11.3 Å². The van der Waals surface area contributed by atoms with Gasteiger partial charge in [0, 0.05) is 29.1 Å². The van der Waals surface area contributed by atoms with E-state index in [1.165, 1.54) is 11.3 Å². The Hall–Kier alpha value is -1.89. The molecule has 0 aliphatic rings. The van der Waals surface area contributed by atoms with E-state index in [2.05, 4.69) is 39.4 Å². The van der Waals surface area contributed by atoms with E-state index in [1.807, 2.05) is 19.2 Å². The number of hydrogen-bond donors (Lipinski definition) is 3. The smallest absolute Gasteiger partial charge is 0.304 e. The third-order valence-electron chi connectivity index (χ3n) is 3.04. The van der Waals surface area contributed by atoms with Crippen molar-refractivity contribution in [2.45, 2.75) is 40.2 Å². The molecule has 0 bridgehead atoms. The van der Waals surface area contributed by atoms with Gasteiger partial charge in [0.15, 0.2) is 0 Å². The first-order chi connectivity index (χ1) is 10.0. The summed E-state index contributed by atoms with van der Waals surface area (Å²) in [7, 11) is 0. The summed E-state index contributed by atoms with van der Waals surface area (Å²) < 4.78 is 0. The summed E-state index contributed by atoms with van der Waals surface area (Å²) in [6, 6.07) is 0. The molecule has 0 aromatic carbocycles. The number of nitrogens with one attached hydrogen (secondary N) is 3. The fourth-order valence-electron chi connectivity index (χ4n) is 1.88. The van der Waals surface area contributed by atoms with Crippen LogP contribution in [0.15, 0.2) is 10.2 Å². The van der Waals surface area contributed by atoms with Crippen molar-refractivity contribution >= 4 is 23.0 Å². The Bertz CT molecular complexity index is 662. The Morgan fingerprint density at radius 1 is 1.29 bits per heavy atom. The van der Waals surface area contributed by atoms with Crippen molar-refractivity contribution in [3.8, 4) is 0 Å². The Labute approximate surface area is 128 Å². The monoisotopic (exact) mass is 307 g/mol. The SMILES string of the molecule is CCNc1nc(C(C)C)nc(NCc2csc(=O)[nH]2)c1C.